The van der Waals surface area contributed by atoms with Crippen LogP contribution in [-0.2, 0) is 4.74 Å². The molecule has 0 aliphatic carbocycles. The minimum Gasteiger partial charge on any atom is -0.467 e. The number of rotatable bonds is 3. The molecule has 100 valence electrons. The number of morpholine rings is 1. The second kappa shape index (κ2) is 4.93. The fraction of sp³-hybridized carbons (Fsp3) is 0.727. The average molecular weight is 253 g/mol. The number of hydrogen-bond donors (Lipinski definition) is 1. The minimum atomic E-state index is -0.143. The number of methoxy groups -OCH3 is 1. The predicted molar refractivity (Wildman–Crippen MR) is 68.2 cm³/mol. The largest absolute Gasteiger partial charge is 0.467 e. The van der Waals surface area contributed by atoms with E-state index in [2.05, 4.69) is 39.0 Å². The van der Waals surface area contributed by atoms with Gasteiger partial charge in [0.15, 0.2) is 0 Å². The first-order valence-corrected chi connectivity index (χ1v) is 5.90. The van der Waals surface area contributed by atoms with Gasteiger partial charge in [0.25, 0.3) is 0 Å². The normalized spacial score (nSPS) is 18.6. The third-order valence-electron chi connectivity index (χ3n) is 2.90. The maximum atomic E-state index is 5.49. The first kappa shape index (κ1) is 12.8. The number of hydrogen-bond acceptors (Lipinski definition) is 7. The van der Waals surface area contributed by atoms with Crippen LogP contribution >= 0.6 is 0 Å². The second-order valence-corrected chi connectivity index (χ2v) is 4.71. The lowest BCUT2D eigenvalue weighted by Gasteiger charge is -2.42. The van der Waals surface area contributed by atoms with Gasteiger partial charge in [-0.2, -0.15) is 15.0 Å². The van der Waals surface area contributed by atoms with Crippen LogP contribution in [0.3, 0.4) is 0 Å². The molecule has 0 atom stereocenters. The van der Waals surface area contributed by atoms with E-state index in [0.717, 1.165) is 6.54 Å². The van der Waals surface area contributed by atoms with Crippen LogP contribution in [0.2, 0.25) is 0 Å². The van der Waals surface area contributed by atoms with E-state index in [1.165, 1.54) is 0 Å². The maximum absolute atomic E-state index is 5.49. The van der Waals surface area contributed by atoms with Crippen LogP contribution in [-0.4, -0.2) is 54.4 Å². The summed E-state index contributed by atoms with van der Waals surface area (Å²) < 4.78 is 10.6. The standard InChI is InChI=1S/C11H19N5O2/c1-11(2)7-18-6-5-16(11)9-13-8(12-3)14-10(15-9)17-4/h5-7H2,1-4H3,(H,12,13,14,15). The molecule has 0 amide bonds. The molecule has 0 bridgehead atoms. The van der Waals surface area contributed by atoms with Crippen molar-refractivity contribution in [1.82, 2.24) is 15.0 Å². The summed E-state index contributed by atoms with van der Waals surface area (Å²) >= 11 is 0. The number of aromatic nitrogens is 3. The molecule has 0 unspecified atom stereocenters. The molecular formula is C11H19N5O2. The second-order valence-electron chi connectivity index (χ2n) is 4.71. The smallest absolute Gasteiger partial charge is 0.322 e. The molecule has 0 aromatic carbocycles. The van der Waals surface area contributed by atoms with Crippen LogP contribution in [0.5, 0.6) is 6.01 Å². The van der Waals surface area contributed by atoms with E-state index in [4.69, 9.17) is 9.47 Å². The van der Waals surface area contributed by atoms with Gasteiger partial charge in [-0.1, -0.05) is 0 Å². The van der Waals surface area contributed by atoms with E-state index in [1.807, 2.05) is 0 Å². The highest BCUT2D eigenvalue weighted by Crippen LogP contribution is 2.25. The van der Waals surface area contributed by atoms with E-state index in [1.54, 1.807) is 14.2 Å². The van der Waals surface area contributed by atoms with Crippen molar-refractivity contribution in [2.75, 3.05) is 44.1 Å². The molecule has 7 nitrogen and oxygen atoms in total. The van der Waals surface area contributed by atoms with Crippen LogP contribution in [0, 0.1) is 0 Å². The zero-order valence-corrected chi connectivity index (χ0v) is 11.2. The number of ether oxygens (including phenoxy) is 2. The lowest BCUT2D eigenvalue weighted by atomic mass is 10.0. The molecule has 2 heterocycles. The average Bonchev–Trinajstić information content (AvgIpc) is 2.37. The highest BCUT2D eigenvalue weighted by Gasteiger charge is 2.33. The van der Waals surface area contributed by atoms with E-state index in [0.29, 0.717) is 31.1 Å². The van der Waals surface area contributed by atoms with E-state index < -0.39 is 0 Å². The Morgan fingerprint density at radius 1 is 1.33 bits per heavy atom. The Balaban J connectivity index is 2.36. The molecule has 0 saturated carbocycles. The van der Waals surface area contributed by atoms with E-state index in [-0.39, 0.29) is 5.54 Å². The Morgan fingerprint density at radius 3 is 2.72 bits per heavy atom. The molecule has 0 spiro atoms. The Kier molecular flexibility index (Phi) is 3.51. The van der Waals surface area contributed by atoms with Crippen LogP contribution in [0.25, 0.3) is 0 Å². The Labute approximate surface area is 107 Å². The van der Waals surface area contributed by atoms with Crippen molar-refractivity contribution in [2.45, 2.75) is 19.4 Å². The summed E-state index contributed by atoms with van der Waals surface area (Å²) in [6.07, 6.45) is 0. The lowest BCUT2D eigenvalue weighted by Crippen LogP contribution is -2.54. The van der Waals surface area contributed by atoms with Gasteiger partial charge in [0.2, 0.25) is 11.9 Å². The SMILES string of the molecule is CNc1nc(OC)nc(N2CCOCC2(C)C)n1. The molecule has 1 fully saturated rings. The van der Waals surface area contributed by atoms with Gasteiger partial charge in [-0.15, -0.1) is 0 Å². The first-order chi connectivity index (χ1) is 8.56. The van der Waals surface area contributed by atoms with Crippen molar-refractivity contribution in [1.29, 1.82) is 0 Å². The van der Waals surface area contributed by atoms with E-state index in [9.17, 15) is 0 Å². The van der Waals surface area contributed by atoms with Crippen molar-refractivity contribution in [3.05, 3.63) is 0 Å². The third-order valence-corrected chi connectivity index (χ3v) is 2.90. The molecule has 18 heavy (non-hydrogen) atoms. The summed E-state index contributed by atoms with van der Waals surface area (Å²) in [6, 6.07) is 0.312. The Bertz CT molecular complexity index is 402. The van der Waals surface area contributed by atoms with Crippen LogP contribution in [0.1, 0.15) is 13.8 Å². The van der Waals surface area contributed by atoms with Gasteiger partial charge in [-0.25, -0.2) is 0 Å². The minimum absolute atomic E-state index is 0.143. The lowest BCUT2D eigenvalue weighted by molar-refractivity contribution is 0.0633. The van der Waals surface area contributed by atoms with Crippen LogP contribution < -0.4 is 15.0 Å². The first-order valence-electron chi connectivity index (χ1n) is 5.90. The summed E-state index contributed by atoms with van der Waals surface area (Å²) in [5, 5.41) is 2.91. The molecule has 0 radical (unpaired) electrons. The van der Waals surface area contributed by atoms with Crippen molar-refractivity contribution < 1.29 is 9.47 Å². The quantitative estimate of drug-likeness (QED) is 0.842. The Hall–Kier alpha value is -1.63. The molecule has 1 aliphatic heterocycles. The highest BCUT2D eigenvalue weighted by molar-refractivity contribution is 5.41. The topological polar surface area (TPSA) is 72.4 Å². The molecule has 1 N–H and O–H groups in total. The summed E-state index contributed by atoms with van der Waals surface area (Å²) in [5.41, 5.74) is -0.143. The number of nitrogens with one attached hydrogen (secondary N) is 1. The molecule has 1 aromatic rings. The molecular weight excluding hydrogens is 234 g/mol. The van der Waals surface area contributed by atoms with Crippen LogP contribution in [0.15, 0.2) is 0 Å². The van der Waals surface area contributed by atoms with Gasteiger partial charge < -0.3 is 19.7 Å². The molecule has 1 saturated heterocycles. The molecule has 2 rings (SSSR count). The van der Waals surface area contributed by atoms with Crippen molar-refractivity contribution in [3.8, 4) is 6.01 Å². The van der Waals surface area contributed by atoms with Crippen molar-refractivity contribution in [3.63, 3.8) is 0 Å². The summed E-state index contributed by atoms with van der Waals surface area (Å²) in [7, 11) is 3.31. The van der Waals surface area contributed by atoms with Gasteiger partial charge in [0, 0.05) is 13.6 Å². The predicted octanol–water partition coefficient (Wildman–Crippen LogP) is 0.537. The zero-order valence-electron chi connectivity index (χ0n) is 11.2. The number of nitrogens with zero attached hydrogens (tertiary/aromatic N) is 4. The third kappa shape index (κ3) is 2.45. The van der Waals surface area contributed by atoms with Crippen molar-refractivity contribution in [2.24, 2.45) is 0 Å². The summed E-state index contributed by atoms with van der Waals surface area (Å²) in [4.78, 5) is 14.9. The fourth-order valence-electron chi connectivity index (χ4n) is 1.90. The summed E-state index contributed by atoms with van der Waals surface area (Å²) in [6.45, 7) is 6.27. The van der Waals surface area contributed by atoms with E-state index >= 15 is 0 Å². The van der Waals surface area contributed by atoms with Gasteiger partial charge in [0.05, 0.1) is 25.9 Å². The zero-order chi connectivity index (χ0) is 13.2. The highest BCUT2D eigenvalue weighted by atomic mass is 16.5. The molecule has 1 aromatic heterocycles. The number of anilines is 2. The molecule has 7 heteroatoms. The summed E-state index contributed by atoms with van der Waals surface area (Å²) in [5.74, 6) is 1.11. The monoisotopic (exact) mass is 253 g/mol. The van der Waals surface area contributed by atoms with Gasteiger partial charge >= 0.3 is 6.01 Å². The fourth-order valence-corrected chi connectivity index (χ4v) is 1.90. The van der Waals surface area contributed by atoms with Crippen LogP contribution in [0.4, 0.5) is 11.9 Å². The van der Waals surface area contributed by atoms with Gasteiger partial charge in [0.1, 0.15) is 0 Å². The van der Waals surface area contributed by atoms with Gasteiger partial charge in [-0.3, -0.25) is 0 Å². The maximum Gasteiger partial charge on any atom is 0.322 e. The Morgan fingerprint density at radius 2 is 2.11 bits per heavy atom. The molecule has 1 aliphatic rings. The van der Waals surface area contributed by atoms with Crippen molar-refractivity contribution >= 4 is 11.9 Å². The van der Waals surface area contributed by atoms with Gasteiger partial charge in [-0.05, 0) is 13.8 Å².